The van der Waals surface area contributed by atoms with E-state index in [2.05, 4.69) is 4.90 Å². The lowest BCUT2D eigenvalue weighted by Gasteiger charge is -2.33. The Morgan fingerprint density at radius 2 is 1.95 bits per heavy atom. The topological polar surface area (TPSA) is 29.5 Å². The van der Waals surface area contributed by atoms with Crippen molar-refractivity contribution < 1.29 is 9.53 Å². The first-order valence-corrected chi connectivity index (χ1v) is 7.74. The van der Waals surface area contributed by atoms with Crippen LogP contribution in [0.4, 0.5) is 0 Å². The van der Waals surface area contributed by atoms with Gasteiger partial charge in [-0.25, -0.2) is 4.79 Å². The molecule has 6 heteroatoms. The summed E-state index contributed by atoms with van der Waals surface area (Å²) in [6, 6.07) is 4.83. The number of benzene rings is 1. The summed E-state index contributed by atoms with van der Waals surface area (Å²) in [5.74, 6) is -0.237. The van der Waals surface area contributed by atoms with E-state index >= 15 is 0 Å². The van der Waals surface area contributed by atoms with Gasteiger partial charge in [0.2, 0.25) is 0 Å². The van der Waals surface area contributed by atoms with Crippen LogP contribution in [-0.4, -0.2) is 30.6 Å². The van der Waals surface area contributed by atoms with Crippen LogP contribution >= 0.6 is 35.6 Å². The molecule has 0 aliphatic carbocycles. The number of rotatable bonds is 4. The number of likely N-dealkylation sites (tertiary alicyclic amines) is 1. The Bertz CT molecular complexity index is 476. The molecule has 1 saturated heterocycles. The Kier molecular flexibility index (Phi) is 7.82. The molecule has 1 fully saturated rings. The molecule has 0 spiro atoms. The van der Waals surface area contributed by atoms with Crippen LogP contribution in [-0.2, 0) is 9.53 Å². The van der Waals surface area contributed by atoms with Crippen LogP contribution in [0.1, 0.15) is 37.8 Å². The van der Waals surface area contributed by atoms with Crippen molar-refractivity contribution in [2.24, 2.45) is 0 Å². The van der Waals surface area contributed by atoms with Crippen molar-refractivity contribution in [3.8, 4) is 0 Å². The monoisotopic (exact) mass is 351 g/mol. The number of halogens is 3. The highest BCUT2D eigenvalue weighted by Gasteiger charge is 2.31. The van der Waals surface area contributed by atoms with E-state index in [0.717, 1.165) is 31.5 Å². The quantitative estimate of drug-likeness (QED) is 0.747. The molecule has 1 atom stereocenters. The predicted molar refractivity (Wildman–Crippen MR) is 88.5 cm³/mol. The van der Waals surface area contributed by atoms with E-state index in [1.54, 1.807) is 12.1 Å². The molecular formula is C15H20Cl3NO2. The molecular weight excluding hydrogens is 333 g/mol. The molecule has 118 valence electrons. The third kappa shape index (κ3) is 4.75. The minimum Gasteiger partial charge on any atom is -0.465 e. The summed E-state index contributed by atoms with van der Waals surface area (Å²) in [7, 11) is 0. The van der Waals surface area contributed by atoms with Crippen molar-refractivity contribution >= 4 is 41.6 Å². The highest BCUT2D eigenvalue weighted by molar-refractivity contribution is 6.35. The second kappa shape index (κ2) is 8.84. The van der Waals surface area contributed by atoms with Crippen molar-refractivity contribution in [2.45, 2.75) is 32.2 Å². The Balaban J connectivity index is 0.00000220. The smallest absolute Gasteiger partial charge is 0.328 e. The first-order valence-electron chi connectivity index (χ1n) is 6.99. The minimum absolute atomic E-state index is 0. The lowest BCUT2D eigenvalue weighted by molar-refractivity contribution is -0.150. The van der Waals surface area contributed by atoms with Gasteiger partial charge in [-0.15, -0.1) is 12.4 Å². The van der Waals surface area contributed by atoms with Gasteiger partial charge in [0.1, 0.15) is 6.04 Å². The molecule has 0 amide bonds. The Morgan fingerprint density at radius 1 is 1.29 bits per heavy atom. The molecule has 1 aliphatic heterocycles. The Morgan fingerprint density at radius 3 is 2.52 bits per heavy atom. The van der Waals surface area contributed by atoms with Gasteiger partial charge in [-0.3, -0.25) is 4.90 Å². The van der Waals surface area contributed by atoms with Gasteiger partial charge in [0.25, 0.3) is 0 Å². The SMILES string of the molecule is CCOC(=O)C(c1ccc(Cl)cc1Cl)N1CCCCC1.Cl. The molecule has 1 aromatic carbocycles. The van der Waals surface area contributed by atoms with Crippen LogP contribution < -0.4 is 0 Å². The fourth-order valence-electron chi connectivity index (χ4n) is 2.59. The molecule has 21 heavy (non-hydrogen) atoms. The third-order valence-corrected chi connectivity index (χ3v) is 4.09. The maximum atomic E-state index is 12.3. The van der Waals surface area contributed by atoms with Gasteiger partial charge in [-0.2, -0.15) is 0 Å². The first-order chi connectivity index (χ1) is 9.63. The minimum atomic E-state index is -0.431. The summed E-state index contributed by atoms with van der Waals surface area (Å²) in [6.45, 7) is 3.97. The average molecular weight is 353 g/mol. The lowest BCUT2D eigenvalue weighted by atomic mass is 10.0. The Labute approximate surface area is 142 Å². The average Bonchev–Trinajstić information content (AvgIpc) is 2.43. The number of hydrogen-bond acceptors (Lipinski definition) is 3. The summed E-state index contributed by atoms with van der Waals surface area (Å²) < 4.78 is 5.22. The van der Waals surface area contributed by atoms with E-state index < -0.39 is 6.04 Å². The van der Waals surface area contributed by atoms with E-state index in [9.17, 15) is 4.79 Å². The maximum Gasteiger partial charge on any atom is 0.328 e. The van der Waals surface area contributed by atoms with E-state index in [1.807, 2.05) is 13.0 Å². The van der Waals surface area contributed by atoms with Gasteiger partial charge < -0.3 is 4.74 Å². The van der Waals surface area contributed by atoms with Crippen LogP contribution in [0.2, 0.25) is 10.0 Å². The van der Waals surface area contributed by atoms with Gasteiger partial charge in [-0.1, -0.05) is 35.7 Å². The number of nitrogens with zero attached hydrogens (tertiary/aromatic N) is 1. The van der Waals surface area contributed by atoms with Crippen molar-refractivity contribution in [2.75, 3.05) is 19.7 Å². The fraction of sp³-hybridized carbons (Fsp3) is 0.533. The first kappa shape index (κ1) is 18.6. The largest absolute Gasteiger partial charge is 0.465 e. The summed E-state index contributed by atoms with van der Waals surface area (Å²) >= 11 is 12.2. The molecule has 1 aromatic rings. The summed E-state index contributed by atoms with van der Waals surface area (Å²) in [4.78, 5) is 14.5. The van der Waals surface area contributed by atoms with Gasteiger partial charge in [0, 0.05) is 10.0 Å². The third-order valence-electron chi connectivity index (χ3n) is 3.52. The summed E-state index contributed by atoms with van der Waals surface area (Å²) in [5.41, 5.74) is 0.774. The number of hydrogen-bond donors (Lipinski definition) is 0. The van der Waals surface area contributed by atoms with E-state index in [1.165, 1.54) is 6.42 Å². The second-order valence-electron chi connectivity index (χ2n) is 4.92. The van der Waals surface area contributed by atoms with Gasteiger partial charge in [0.05, 0.1) is 6.61 Å². The predicted octanol–water partition coefficient (Wildman–Crippen LogP) is 4.51. The van der Waals surface area contributed by atoms with Gasteiger partial charge in [-0.05, 0) is 50.6 Å². The Hall–Kier alpha value is -0.480. The van der Waals surface area contributed by atoms with Gasteiger partial charge in [0.15, 0.2) is 0 Å². The number of piperidine rings is 1. The van der Waals surface area contributed by atoms with E-state index in [4.69, 9.17) is 27.9 Å². The molecule has 1 unspecified atom stereocenters. The molecule has 3 nitrogen and oxygen atoms in total. The van der Waals surface area contributed by atoms with Crippen LogP contribution in [0.15, 0.2) is 18.2 Å². The molecule has 2 rings (SSSR count). The number of carbonyl (C=O) groups excluding carboxylic acids is 1. The molecule has 1 aliphatic rings. The number of esters is 1. The molecule has 0 radical (unpaired) electrons. The normalized spacial score (nSPS) is 16.9. The van der Waals surface area contributed by atoms with E-state index in [-0.39, 0.29) is 18.4 Å². The van der Waals surface area contributed by atoms with Crippen molar-refractivity contribution in [1.29, 1.82) is 0 Å². The summed E-state index contributed by atoms with van der Waals surface area (Å²) in [6.07, 6.45) is 3.41. The van der Waals surface area contributed by atoms with Crippen LogP contribution in [0.5, 0.6) is 0 Å². The fourth-order valence-corrected chi connectivity index (χ4v) is 3.11. The molecule has 0 saturated carbocycles. The standard InChI is InChI=1S/C15H19Cl2NO2.ClH/c1-2-20-15(19)14(18-8-4-3-5-9-18)12-7-6-11(16)10-13(12)17;/h6-7,10,14H,2-5,8-9H2,1H3;1H. The zero-order chi connectivity index (χ0) is 14.5. The molecule has 0 bridgehead atoms. The number of carbonyl (C=O) groups is 1. The molecule has 0 aromatic heterocycles. The van der Waals surface area contributed by atoms with Crippen LogP contribution in [0.3, 0.4) is 0 Å². The van der Waals surface area contributed by atoms with Crippen molar-refractivity contribution in [3.63, 3.8) is 0 Å². The van der Waals surface area contributed by atoms with Crippen LogP contribution in [0, 0.1) is 0 Å². The number of ether oxygens (including phenoxy) is 1. The maximum absolute atomic E-state index is 12.3. The zero-order valence-electron chi connectivity index (χ0n) is 12.0. The highest BCUT2D eigenvalue weighted by atomic mass is 35.5. The highest BCUT2D eigenvalue weighted by Crippen LogP contribution is 2.32. The van der Waals surface area contributed by atoms with Crippen molar-refractivity contribution in [1.82, 2.24) is 4.90 Å². The zero-order valence-corrected chi connectivity index (χ0v) is 14.3. The van der Waals surface area contributed by atoms with E-state index in [0.29, 0.717) is 16.7 Å². The molecule has 1 heterocycles. The summed E-state index contributed by atoms with van der Waals surface area (Å²) in [5, 5.41) is 1.08. The van der Waals surface area contributed by atoms with Crippen molar-refractivity contribution in [3.05, 3.63) is 33.8 Å². The second-order valence-corrected chi connectivity index (χ2v) is 5.76. The van der Waals surface area contributed by atoms with Gasteiger partial charge >= 0.3 is 5.97 Å². The lowest BCUT2D eigenvalue weighted by Crippen LogP contribution is -2.38. The van der Waals surface area contributed by atoms with Crippen LogP contribution in [0.25, 0.3) is 0 Å². The molecule has 0 N–H and O–H groups in total.